The van der Waals surface area contributed by atoms with Gasteiger partial charge in [-0.05, 0) is 24.3 Å². The molecule has 0 aromatic carbocycles. The third-order valence-corrected chi connectivity index (χ3v) is 3.13. The minimum absolute atomic E-state index is 1.03. The van der Waals surface area contributed by atoms with Crippen molar-refractivity contribution in [3.63, 3.8) is 0 Å². The van der Waals surface area contributed by atoms with Crippen LogP contribution < -0.4 is 0 Å². The van der Waals surface area contributed by atoms with Crippen LogP contribution in [0.15, 0.2) is 10.8 Å². The van der Waals surface area contributed by atoms with Gasteiger partial charge in [-0.25, -0.2) is 0 Å². The van der Waals surface area contributed by atoms with Crippen LogP contribution in [0.5, 0.6) is 0 Å². The molecule has 0 unspecified atom stereocenters. The number of aryl methyl sites for hydroxylation is 2. The Bertz CT molecular complexity index is 235. The largest absolute Gasteiger partial charge is 0.364 e. The Hall–Kier alpha value is -0.440. The molecule has 1 aromatic heterocycles. The molecule has 1 heterocycles. The van der Waals surface area contributed by atoms with Crippen molar-refractivity contribution in [1.29, 1.82) is 0 Å². The number of rotatable bonds is 6. The fraction of sp³-hybridized carbons (Fsp3) is 0.700. The van der Waals surface area contributed by atoms with Crippen LogP contribution in [-0.4, -0.2) is 16.7 Å². The quantitative estimate of drug-likeness (QED) is 0.659. The molecule has 2 nitrogen and oxygen atoms in total. The fourth-order valence-corrected chi connectivity index (χ4v) is 2.02. The third-order valence-electron chi connectivity index (χ3n) is 1.94. The molecule has 0 aliphatic rings. The van der Waals surface area contributed by atoms with Gasteiger partial charge in [-0.1, -0.05) is 19.0 Å². The highest BCUT2D eigenvalue weighted by molar-refractivity contribution is 7.99. The Morgan fingerprint density at radius 1 is 1.38 bits per heavy atom. The molecule has 0 aliphatic heterocycles. The molecule has 0 saturated carbocycles. The summed E-state index contributed by atoms with van der Waals surface area (Å²) >= 11 is 1.99. The summed E-state index contributed by atoms with van der Waals surface area (Å²) < 4.78 is 4.93. The number of hydrogen-bond donors (Lipinski definition) is 0. The maximum absolute atomic E-state index is 4.93. The number of nitrogens with zero attached hydrogens (tertiary/aromatic N) is 1. The summed E-state index contributed by atoms with van der Waals surface area (Å²) in [6.45, 7) is 4.34. The summed E-state index contributed by atoms with van der Waals surface area (Å²) in [5, 5.41) is 4.00. The molecule has 0 fully saturated rings. The lowest BCUT2D eigenvalue weighted by atomic mass is 10.2. The van der Waals surface area contributed by atoms with E-state index >= 15 is 0 Å². The Labute approximate surface area is 84.1 Å². The van der Waals surface area contributed by atoms with Crippen LogP contribution in [0, 0.1) is 0 Å². The second kappa shape index (κ2) is 6.08. The van der Waals surface area contributed by atoms with Gasteiger partial charge >= 0.3 is 0 Å². The molecule has 0 amide bonds. The lowest BCUT2D eigenvalue weighted by molar-refractivity contribution is 0.412. The smallest absolute Gasteiger partial charge is 0.127 e. The van der Waals surface area contributed by atoms with E-state index in [1.807, 2.05) is 11.8 Å². The molecule has 0 aliphatic carbocycles. The lowest BCUT2D eigenvalue weighted by Crippen LogP contribution is -1.93. The predicted molar refractivity (Wildman–Crippen MR) is 57.2 cm³/mol. The maximum atomic E-state index is 4.93. The molecule has 0 N–H and O–H groups in total. The van der Waals surface area contributed by atoms with E-state index in [1.54, 1.807) is 6.26 Å². The van der Waals surface area contributed by atoms with Gasteiger partial charge in [-0.2, -0.15) is 11.8 Å². The van der Waals surface area contributed by atoms with Crippen LogP contribution >= 0.6 is 11.8 Å². The number of hydrogen-bond acceptors (Lipinski definition) is 3. The van der Waals surface area contributed by atoms with Gasteiger partial charge in [0.15, 0.2) is 0 Å². The summed E-state index contributed by atoms with van der Waals surface area (Å²) in [7, 11) is 0. The van der Waals surface area contributed by atoms with Crippen LogP contribution in [0.1, 0.15) is 31.5 Å². The Morgan fingerprint density at radius 3 is 2.92 bits per heavy atom. The SMILES string of the molecule is CCCSCCc1nocc1CC. The minimum atomic E-state index is 1.03. The topological polar surface area (TPSA) is 26.0 Å². The normalized spacial score (nSPS) is 10.6. The van der Waals surface area contributed by atoms with Gasteiger partial charge in [-0.3, -0.25) is 0 Å². The van der Waals surface area contributed by atoms with Gasteiger partial charge in [0.2, 0.25) is 0 Å². The van der Waals surface area contributed by atoms with Gasteiger partial charge in [0.25, 0.3) is 0 Å². The summed E-state index contributed by atoms with van der Waals surface area (Å²) in [6.07, 6.45) is 5.09. The first-order valence-corrected chi connectivity index (χ1v) is 6.03. The van der Waals surface area contributed by atoms with Crippen molar-refractivity contribution in [2.45, 2.75) is 33.1 Å². The van der Waals surface area contributed by atoms with Crippen molar-refractivity contribution in [3.05, 3.63) is 17.5 Å². The van der Waals surface area contributed by atoms with Crippen molar-refractivity contribution in [3.8, 4) is 0 Å². The molecule has 0 saturated heterocycles. The predicted octanol–water partition coefficient (Wildman–Crippen LogP) is 2.92. The van der Waals surface area contributed by atoms with Crippen LogP contribution in [0.2, 0.25) is 0 Å². The third kappa shape index (κ3) is 3.43. The van der Waals surface area contributed by atoms with Gasteiger partial charge < -0.3 is 4.52 Å². The molecule has 0 atom stereocenters. The Balaban J connectivity index is 2.27. The molecule has 74 valence electrons. The highest BCUT2D eigenvalue weighted by atomic mass is 32.2. The van der Waals surface area contributed by atoms with Crippen LogP contribution in [0.25, 0.3) is 0 Å². The minimum Gasteiger partial charge on any atom is -0.364 e. The van der Waals surface area contributed by atoms with Crippen molar-refractivity contribution >= 4 is 11.8 Å². The van der Waals surface area contributed by atoms with E-state index < -0.39 is 0 Å². The summed E-state index contributed by atoms with van der Waals surface area (Å²) in [5.74, 6) is 2.41. The molecule has 0 spiro atoms. The summed E-state index contributed by atoms with van der Waals surface area (Å²) in [4.78, 5) is 0. The zero-order valence-electron chi connectivity index (χ0n) is 8.38. The van der Waals surface area contributed by atoms with Gasteiger partial charge in [-0.15, -0.1) is 0 Å². The average molecular weight is 199 g/mol. The van der Waals surface area contributed by atoms with Crippen molar-refractivity contribution < 1.29 is 4.52 Å². The van der Waals surface area contributed by atoms with E-state index in [2.05, 4.69) is 19.0 Å². The zero-order chi connectivity index (χ0) is 9.52. The summed E-state index contributed by atoms with van der Waals surface area (Å²) in [5.41, 5.74) is 2.41. The first kappa shape index (κ1) is 10.6. The van der Waals surface area contributed by atoms with Crippen LogP contribution in [0.3, 0.4) is 0 Å². The number of aromatic nitrogens is 1. The molecular formula is C10H17NOS. The highest BCUT2D eigenvalue weighted by Crippen LogP contribution is 2.11. The molecule has 1 rings (SSSR count). The van der Waals surface area contributed by atoms with E-state index in [9.17, 15) is 0 Å². The Kier molecular flexibility index (Phi) is 4.98. The van der Waals surface area contributed by atoms with Crippen molar-refractivity contribution in [1.82, 2.24) is 5.16 Å². The second-order valence-corrected chi connectivity index (χ2v) is 4.23. The lowest BCUT2D eigenvalue weighted by Gasteiger charge is -1.98. The van der Waals surface area contributed by atoms with Crippen molar-refractivity contribution in [2.24, 2.45) is 0 Å². The highest BCUT2D eigenvalue weighted by Gasteiger charge is 2.04. The molecule has 0 bridgehead atoms. The first-order valence-electron chi connectivity index (χ1n) is 4.88. The Morgan fingerprint density at radius 2 is 2.23 bits per heavy atom. The number of thioether (sulfide) groups is 1. The van der Waals surface area contributed by atoms with Crippen LogP contribution in [-0.2, 0) is 12.8 Å². The molecule has 1 aromatic rings. The average Bonchev–Trinajstić information content (AvgIpc) is 2.60. The molecular weight excluding hydrogens is 182 g/mol. The van der Waals surface area contributed by atoms with E-state index in [0.29, 0.717) is 0 Å². The summed E-state index contributed by atoms with van der Waals surface area (Å²) in [6, 6.07) is 0. The van der Waals surface area contributed by atoms with E-state index in [0.717, 1.165) is 24.3 Å². The standard InChI is InChI=1S/C10H17NOS/c1-3-6-13-7-5-10-9(4-2)8-12-11-10/h8H,3-7H2,1-2H3. The van der Waals surface area contributed by atoms with Gasteiger partial charge in [0, 0.05) is 12.0 Å². The monoisotopic (exact) mass is 199 g/mol. The van der Waals surface area contributed by atoms with Crippen LogP contribution in [0.4, 0.5) is 0 Å². The molecule has 3 heteroatoms. The van der Waals surface area contributed by atoms with E-state index in [-0.39, 0.29) is 0 Å². The van der Waals surface area contributed by atoms with Crippen molar-refractivity contribution in [2.75, 3.05) is 11.5 Å². The fourth-order valence-electron chi connectivity index (χ4n) is 1.19. The zero-order valence-corrected chi connectivity index (χ0v) is 9.19. The van der Waals surface area contributed by atoms with Gasteiger partial charge in [0.1, 0.15) is 6.26 Å². The van der Waals surface area contributed by atoms with E-state index in [4.69, 9.17) is 4.52 Å². The molecule has 0 radical (unpaired) electrons. The van der Waals surface area contributed by atoms with E-state index in [1.165, 1.54) is 17.7 Å². The first-order chi connectivity index (χ1) is 6.38. The maximum Gasteiger partial charge on any atom is 0.127 e. The molecule has 13 heavy (non-hydrogen) atoms. The van der Waals surface area contributed by atoms with Gasteiger partial charge in [0.05, 0.1) is 5.69 Å². The second-order valence-electron chi connectivity index (χ2n) is 3.00.